The van der Waals surface area contributed by atoms with Gasteiger partial charge >= 0.3 is 0 Å². The Bertz CT molecular complexity index is 949. The van der Waals surface area contributed by atoms with Crippen molar-refractivity contribution in [2.75, 3.05) is 31.4 Å². The highest BCUT2D eigenvalue weighted by Crippen LogP contribution is 2.30. The third-order valence-electron chi connectivity index (χ3n) is 4.17. The van der Waals surface area contributed by atoms with Gasteiger partial charge in [0.05, 0.1) is 19.9 Å². The highest BCUT2D eigenvalue weighted by molar-refractivity contribution is 5.65. The molecule has 2 aromatic carbocycles. The molecule has 0 saturated heterocycles. The first-order valence-electron chi connectivity index (χ1n) is 8.91. The van der Waals surface area contributed by atoms with E-state index in [1.165, 1.54) is 6.07 Å². The third kappa shape index (κ3) is 4.88. The van der Waals surface area contributed by atoms with Crippen LogP contribution in [0.2, 0.25) is 0 Å². The fraction of sp³-hybridized carbons (Fsp3) is 0.238. The fourth-order valence-corrected chi connectivity index (χ4v) is 2.76. The maximum Gasteiger partial charge on any atom is 0.229 e. The van der Waals surface area contributed by atoms with Crippen LogP contribution in [0, 0.1) is 12.7 Å². The van der Waals surface area contributed by atoms with E-state index in [-0.39, 0.29) is 5.82 Å². The molecule has 146 valence electrons. The number of methoxy groups -OCH3 is 2. The van der Waals surface area contributed by atoms with Crippen molar-refractivity contribution in [3.05, 3.63) is 65.6 Å². The lowest BCUT2D eigenvalue weighted by Crippen LogP contribution is -2.09. The van der Waals surface area contributed by atoms with Crippen LogP contribution < -0.4 is 20.1 Å². The molecule has 0 aliphatic heterocycles. The summed E-state index contributed by atoms with van der Waals surface area (Å²) in [4.78, 5) is 8.91. The molecule has 0 amide bonds. The molecule has 0 saturated carbocycles. The molecule has 1 aromatic heterocycles. The van der Waals surface area contributed by atoms with Crippen molar-refractivity contribution in [2.24, 2.45) is 0 Å². The topological polar surface area (TPSA) is 68.3 Å². The Morgan fingerprint density at radius 2 is 1.82 bits per heavy atom. The average Bonchev–Trinajstić information content (AvgIpc) is 2.69. The molecule has 0 spiro atoms. The van der Waals surface area contributed by atoms with Crippen molar-refractivity contribution in [2.45, 2.75) is 13.3 Å². The third-order valence-corrected chi connectivity index (χ3v) is 4.17. The molecule has 0 bridgehead atoms. The summed E-state index contributed by atoms with van der Waals surface area (Å²) in [6.07, 6.45) is 0.560. The molecule has 2 N–H and O–H groups in total. The van der Waals surface area contributed by atoms with Gasteiger partial charge in [0.15, 0.2) is 0 Å². The van der Waals surface area contributed by atoms with Crippen molar-refractivity contribution < 1.29 is 13.9 Å². The lowest BCUT2D eigenvalue weighted by Gasteiger charge is -2.13. The number of hydrogen-bond donors (Lipinski definition) is 2. The van der Waals surface area contributed by atoms with Crippen LogP contribution in [0.25, 0.3) is 0 Å². The van der Waals surface area contributed by atoms with E-state index >= 15 is 0 Å². The number of hydrogen-bond acceptors (Lipinski definition) is 6. The van der Waals surface area contributed by atoms with E-state index in [0.717, 1.165) is 11.4 Å². The van der Waals surface area contributed by atoms with E-state index in [0.29, 0.717) is 41.8 Å². The second-order valence-corrected chi connectivity index (χ2v) is 6.18. The minimum Gasteiger partial charge on any atom is -0.497 e. The predicted octanol–water partition coefficient (Wildman–Crippen LogP) is 4.34. The Balaban J connectivity index is 1.70. The largest absolute Gasteiger partial charge is 0.497 e. The van der Waals surface area contributed by atoms with Crippen molar-refractivity contribution in [1.82, 2.24) is 9.97 Å². The molecule has 28 heavy (non-hydrogen) atoms. The van der Waals surface area contributed by atoms with Gasteiger partial charge in [0, 0.05) is 24.4 Å². The number of benzene rings is 2. The van der Waals surface area contributed by atoms with E-state index < -0.39 is 0 Å². The van der Waals surface area contributed by atoms with Crippen LogP contribution in [0.15, 0.2) is 48.5 Å². The van der Waals surface area contributed by atoms with Gasteiger partial charge in [-0.2, -0.15) is 4.98 Å². The zero-order valence-electron chi connectivity index (χ0n) is 16.1. The molecule has 6 nitrogen and oxygen atoms in total. The Labute approximate surface area is 163 Å². The number of nitrogens with zero attached hydrogens (tertiary/aromatic N) is 2. The summed E-state index contributed by atoms with van der Waals surface area (Å²) in [5.74, 6) is 2.23. The second kappa shape index (κ2) is 9.03. The highest BCUT2D eigenvalue weighted by Gasteiger charge is 2.09. The van der Waals surface area contributed by atoms with Gasteiger partial charge in [-0.05, 0) is 37.1 Å². The molecule has 1 heterocycles. The summed E-state index contributed by atoms with van der Waals surface area (Å²) < 4.78 is 24.3. The van der Waals surface area contributed by atoms with Gasteiger partial charge in [-0.1, -0.05) is 18.2 Å². The number of aromatic nitrogens is 2. The molecule has 0 unspecified atom stereocenters. The molecule has 0 fully saturated rings. The van der Waals surface area contributed by atoms with Gasteiger partial charge in [0.2, 0.25) is 5.95 Å². The van der Waals surface area contributed by atoms with E-state index in [4.69, 9.17) is 9.47 Å². The highest BCUT2D eigenvalue weighted by atomic mass is 19.1. The van der Waals surface area contributed by atoms with Gasteiger partial charge in [-0.15, -0.1) is 0 Å². The van der Waals surface area contributed by atoms with Crippen LogP contribution in [0.4, 0.5) is 21.8 Å². The van der Waals surface area contributed by atoms with Gasteiger partial charge in [0.25, 0.3) is 0 Å². The van der Waals surface area contributed by atoms with Crippen molar-refractivity contribution in [3.63, 3.8) is 0 Å². The minimum atomic E-state index is -0.197. The molecule has 7 heteroatoms. The number of ether oxygens (including phenoxy) is 2. The first-order valence-corrected chi connectivity index (χ1v) is 8.91. The standard InChI is InChI=1S/C21H23FN4O2/c1-14-12-20(23-11-10-15-6-4-5-7-17(15)22)26-21(24-14)25-18-9-8-16(27-2)13-19(18)28-3/h4-9,12-13H,10-11H2,1-3H3,(H2,23,24,25,26). The summed E-state index contributed by atoms with van der Waals surface area (Å²) in [7, 11) is 3.19. The first-order chi connectivity index (χ1) is 13.6. The molecule has 0 aliphatic rings. The quantitative estimate of drug-likeness (QED) is 0.604. The predicted molar refractivity (Wildman–Crippen MR) is 108 cm³/mol. The van der Waals surface area contributed by atoms with E-state index in [2.05, 4.69) is 20.6 Å². The second-order valence-electron chi connectivity index (χ2n) is 6.18. The molecule has 0 radical (unpaired) electrons. The maximum absolute atomic E-state index is 13.7. The number of nitrogens with one attached hydrogen (secondary N) is 2. The lowest BCUT2D eigenvalue weighted by atomic mass is 10.1. The smallest absolute Gasteiger partial charge is 0.229 e. The Hall–Kier alpha value is -3.35. The molecule has 0 atom stereocenters. The van der Waals surface area contributed by atoms with Crippen LogP contribution >= 0.6 is 0 Å². The zero-order valence-corrected chi connectivity index (χ0v) is 16.1. The number of aryl methyl sites for hydroxylation is 1. The van der Waals surface area contributed by atoms with Crippen LogP contribution in [-0.4, -0.2) is 30.7 Å². The molecular formula is C21H23FN4O2. The summed E-state index contributed by atoms with van der Waals surface area (Å²) in [5.41, 5.74) is 2.20. The molecule has 0 aliphatic carbocycles. The summed E-state index contributed by atoms with van der Waals surface area (Å²) >= 11 is 0. The summed E-state index contributed by atoms with van der Waals surface area (Å²) in [5, 5.41) is 6.40. The van der Waals surface area contributed by atoms with E-state index in [1.807, 2.05) is 31.2 Å². The van der Waals surface area contributed by atoms with Crippen LogP contribution in [0.1, 0.15) is 11.3 Å². The van der Waals surface area contributed by atoms with Gasteiger partial charge in [-0.3, -0.25) is 0 Å². The number of halogens is 1. The summed E-state index contributed by atoms with van der Waals surface area (Å²) in [6, 6.07) is 14.1. The Morgan fingerprint density at radius 3 is 2.57 bits per heavy atom. The summed E-state index contributed by atoms with van der Waals surface area (Å²) in [6.45, 7) is 2.45. The Kier molecular flexibility index (Phi) is 6.26. The van der Waals surface area contributed by atoms with Crippen LogP contribution in [0.5, 0.6) is 11.5 Å². The zero-order chi connectivity index (χ0) is 19.9. The van der Waals surface area contributed by atoms with Crippen LogP contribution in [-0.2, 0) is 6.42 Å². The number of rotatable bonds is 8. The molecule has 3 aromatic rings. The van der Waals surface area contributed by atoms with Crippen LogP contribution in [0.3, 0.4) is 0 Å². The van der Waals surface area contributed by atoms with Gasteiger partial charge < -0.3 is 20.1 Å². The fourth-order valence-electron chi connectivity index (χ4n) is 2.76. The lowest BCUT2D eigenvalue weighted by molar-refractivity contribution is 0.395. The SMILES string of the molecule is COc1ccc(Nc2nc(C)cc(NCCc3ccccc3F)n2)c(OC)c1. The normalized spacial score (nSPS) is 10.4. The average molecular weight is 382 g/mol. The molecule has 3 rings (SSSR count). The monoisotopic (exact) mass is 382 g/mol. The van der Waals surface area contributed by atoms with Gasteiger partial charge in [0.1, 0.15) is 23.1 Å². The van der Waals surface area contributed by atoms with Crippen molar-refractivity contribution >= 4 is 17.5 Å². The first kappa shape index (κ1) is 19.4. The van der Waals surface area contributed by atoms with Gasteiger partial charge in [-0.25, -0.2) is 9.37 Å². The maximum atomic E-state index is 13.7. The van der Waals surface area contributed by atoms with Crippen molar-refractivity contribution in [3.8, 4) is 11.5 Å². The minimum absolute atomic E-state index is 0.197. The van der Waals surface area contributed by atoms with E-state index in [1.54, 1.807) is 32.4 Å². The van der Waals surface area contributed by atoms with E-state index in [9.17, 15) is 4.39 Å². The number of anilines is 3. The Morgan fingerprint density at radius 1 is 1.00 bits per heavy atom. The molecular weight excluding hydrogens is 359 g/mol. The van der Waals surface area contributed by atoms with Crippen molar-refractivity contribution in [1.29, 1.82) is 0 Å².